The van der Waals surface area contributed by atoms with E-state index in [1.807, 2.05) is 44.2 Å². The lowest BCUT2D eigenvalue weighted by Crippen LogP contribution is -2.61. The summed E-state index contributed by atoms with van der Waals surface area (Å²) < 4.78 is 5.65. The number of piperazine rings is 1. The highest BCUT2D eigenvalue weighted by Crippen LogP contribution is 2.17. The maximum atomic E-state index is 12.7. The van der Waals surface area contributed by atoms with Crippen LogP contribution in [0.4, 0.5) is 0 Å². The van der Waals surface area contributed by atoms with Crippen molar-refractivity contribution < 1.29 is 19.1 Å². The number of ether oxygens (including phenoxy) is 1. The molecule has 0 saturated carbocycles. The van der Waals surface area contributed by atoms with Crippen LogP contribution in [-0.2, 0) is 25.7 Å². The van der Waals surface area contributed by atoms with Crippen LogP contribution in [0.5, 0.6) is 0 Å². The van der Waals surface area contributed by atoms with Gasteiger partial charge in [-0.05, 0) is 26.3 Å². The topological polar surface area (TPSA) is 70.2 Å². The van der Waals surface area contributed by atoms with Crippen LogP contribution in [-0.4, -0.2) is 76.9 Å². The zero-order valence-electron chi connectivity index (χ0n) is 16.1. The highest BCUT2D eigenvalue weighted by atomic mass is 16.5. The largest absolute Gasteiger partial charge is 0.372 e. The molecule has 0 bridgehead atoms. The minimum atomic E-state index is -0.644. The van der Waals surface area contributed by atoms with E-state index in [0.29, 0.717) is 19.6 Å². The Balaban J connectivity index is 1.63. The van der Waals surface area contributed by atoms with Crippen LogP contribution in [0.15, 0.2) is 30.3 Å². The highest BCUT2D eigenvalue weighted by Gasteiger charge is 2.38. The van der Waals surface area contributed by atoms with E-state index in [0.717, 1.165) is 5.56 Å². The van der Waals surface area contributed by atoms with E-state index in [9.17, 15) is 14.4 Å². The van der Waals surface area contributed by atoms with Gasteiger partial charge in [0, 0.05) is 19.6 Å². The number of morpholine rings is 1. The third kappa shape index (κ3) is 4.47. The van der Waals surface area contributed by atoms with Gasteiger partial charge in [0.1, 0.15) is 19.1 Å². The fraction of sp³-hybridized carbons (Fsp3) is 0.550. The fourth-order valence-corrected chi connectivity index (χ4v) is 3.74. The Morgan fingerprint density at radius 2 is 1.70 bits per heavy atom. The van der Waals surface area contributed by atoms with Crippen LogP contribution in [0, 0.1) is 0 Å². The summed E-state index contributed by atoms with van der Waals surface area (Å²) in [4.78, 5) is 42.7. The van der Waals surface area contributed by atoms with Crippen LogP contribution >= 0.6 is 0 Å². The van der Waals surface area contributed by atoms with Gasteiger partial charge >= 0.3 is 0 Å². The maximum Gasteiger partial charge on any atom is 0.245 e. The molecule has 0 unspecified atom stereocenters. The van der Waals surface area contributed by atoms with Crippen LogP contribution in [0.25, 0.3) is 0 Å². The Morgan fingerprint density at radius 3 is 2.33 bits per heavy atom. The number of hydrogen-bond acceptors (Lipinski definition) is 4. The third-order valence-corrected chi connectivity index (χ3v) is 5.08. The minimum absolute atomic E-state index is 0.00125. The van der Waals surface area contributed by atoms with Crippen molar-refractivity contribution in [3.8, 4) is 0 Å². The standard InChI is InChI=1S/C20H27N3O4/c1-14-9-21(10-15(2)27-14)18(24)13-23-16(3)20(26)22(12-19(23)25)11-17-7-5-4-6-8-17/h4-8,14-16H,9-13H2,1-3H3/t14-,15+,16-/m1/s1. The Kier molecular flexibility index (Phi) is 5.79. The lowest BCUT2D eigenvalue weighted by atomic mass is 10.1. The summed E-state index contributed by atoms with van der Waals surface area (Å²) in [5.41, 5.74) is 0.978. The smallest absolute Gasteiger partial charge is 0.245 e. The number of hydrogen-bond donors (Lipinski definition) is 0. The molecule has 1 aromatic carbocycles. The molecule has 0 N–H and O–H groups in total. The summed E-state index contributed by atoms with van der Waals surface area (Å²) >= 11 is 0. The molecule has 2 heterocycles. The molecule has 2 saturated heterocycles. The Bertz CT molecular complexity index is 698. The number of carbonyl (C=O) groups is 3. The maximum absolute atomic E-state index is 12.7. The van der Waals surface area contributed by atoms with E-state index in [1.54, 1.807) is 16.7 Å². The van der Waals surface area contributed by atoms with Crippen molar-refractivity contribution in [2.75, 3.05) is 26.2 Å². The zero-order chi connectivity index (χ0) is 19.6. The molecular weight excluding hydrogens is 346 g/mol. The monoisotopic (exact) mass is 373 g/mol. The first kappa shape index (κ1) is 19.4. The van der Waals surface area contributed by atoms with Gasteiger partial charge in [-0.1, -0.05) is 30.3 Å². The van der Waals surface area contributed by atoms with Crippen LogP contribution in [0.3, 0.4) is 0 Å². The summed E-state index contributed by atoms with van der Waals surface area (Å²) in [6, 6.07) is 8.94. The third-order valence-electron chi connectivity index (χ3n) is 5.08. The zero-order valence-corrected chi connectivity index (χ0v) is 16.1. The molecule has 27 heavy (non-hydrogen) atoms. The first-order chi connectivity index (χ1) is 12.8. The predicted octanol–water partition coefficient (Wildman–Crippen LogP) is 0.882. The van der Waals surface area contributed by atoms with Crippen molar-refractivity contribution in [1.82, 2.24) is 14.7 Å². The molecule has 3 rings (SSSR count). The molecule has 0 spiro atoms. The van der Waals surface area contributed by atoms with Crippen molar-refractivity contribution in [2.45, 2.75) is 45.6 Å². The van der Waals surface area contributed by atoms with E-state index in [2.05, 4.69) is 0 Å². The van der Waals surface area contributed by atoms with Gasteiger partial charge in [-0.2, -0.15) is 0 Å². The van der Waals surface area contributed by atoms with Crippen LogP contribution < -0.4 is 0 Å². The summed E-state index contributed by atoms with van der Waals surface area (Å²) in [6.07, 6.45) is -0.0645. The number of rotatable bonds is 4. The Morgan fingerprint density at radius 1 is 1.07 bits per heavy atom. The molecule has 2 aliphatic heterocycles. The molecular formula is C20H27N3O4. The molecule has 2 fully saturated rings. The van der Waals surface area contributed by atoms with E-state index >= 15 is 0 Å². The van der Waals surface area contributed by atoms with Gasteiger partial charge in [-0.25, -0.2) is 0 Å². The second-order valence-electron chi connectivity index (χ2n) is 7.43. The average Bonchev–Trinajstić information content (AvgIpc) is 2.63. The molecule has 1 aromatic rings. The lowest BCUT2D eigenvalue weighted by Gasteiger charge is -2.40. The first-order valence-electron chi connectivity index (χ1n) is 9.40. The van der Waals surface area contributed by atoms with Gasteiger partial charge in [0.05, 0.1) is 12.2 Å². The molecule has 0 aromatic heterocycles. The van der Waals surface area contributed by atoms with Crippen molar-refractivity contribution in [3.63, 3.8) is 0 Å². The second kappa shape index (κ2) is 8.08. The van der Waals surface area contributed by atoms with Gasteiger partial charge < -0.3 is 19.4 Å². The molecule has 0 radical (unpaired) electrons. The van der Waals surface area contributed by atoms with Gasteiger partial charge in [0.2, 0.25) is 17.7 Å². The molecule has 7 nitrogen and oxygen atoms in total. The van der Waals surface area contributed by atoms with E-state index in [4.69, 9.17) is 4.74 Å². The van der Waals surface area contributed by atoms with Crippen molar-refractivity contribution in [1.29, 1.82) is 0 Å². The van der Waals surface area contributed by atoms with E-state index < -0.39 is 6.04 Å². The van der Waals surface area contributed by atoms with Gasteiger partial charge in [-0.15, -0.1) is 0 Å². The SMILES string of the molecule is C[C@@H]1CN(C(=O)CN2C(=O)CN(Cc3ccccc3)C(=O)[C@H]2C)C[C@H](C)O1. The second-order valence-corrected chi connectivity index (χ2v) is 7.43. The van der Waals surface area contributed by atoms with Crippen LogP contribution in [0.2, 0.25) is 0 Å². The van der Waals surface area contributed by atoms with Crippen molar-refractivity contribution in [2.24, 2.45) is 0 Å². The Labute approximate surface area is 159 Å². The number of amides is 3. The van der Waals surface area contributed by atoms with E-state index in [-0.39, 0.29) is 43.0 Å². The van der Waals surface area contributed by atoms with E-state index in [1.165, 1.54) is 4.90 Å². The number of nitrogens with zero attached hydrogens (tertiary/aromatic N) is 3. The van der Waals surface area contributed by atoms with Gasteiger partial charge in [-0.3, -0.25) is 14.4 Å². The number of carbonyl (C=O) groups excluding carboxylic acids is 3. The Hall–Kier alpha value is -2.41. The van der Waals surface area contributed by atoms with Crippen LogP contribution in [0.1, 0.15) is 26.3 Å². The quantitative estimate of drug-likeness (QED) is 0.786. The van der Waals surface area contributed by atoms with Crippen molar-refractivity contribution in [3.05, 3.63) is 35.9 Å². The summed E-state index contributed by atoms with van der Waals surface area (Å²) in [5, 5.41) is 0. The lowest BCUT2D eigenvalue weighted by molar-refractivity contribution is -0.160. The number of benzene rings is 1. The molecule has 3 amide bonds. The molecule has 7 heteroatoms. The highest BCUT2D eigenvalue weighted by molar-refractivity contribution is 5.96. The summed E-state index contributed by atoms with van der Waals surface area (Å²) in [6.45, 7) is 6.89. The molecule has 3 atom stereocenters. The predicted molar refractivity (Wildman–Crippen MR) is 99.6 cm³/mol. The molecule has 146 valence electrons. The molecule has 0 aliphatic carbocycles. The molecule has 2 aliphatic rings. The van der Waals surface area contributed by atoms with Gasteiger partial charge in [0.15, 0.2) is 0 Å². The average molecular weight is 373 g/mol. The minimum Gasteiger partial charge on any atom is -0.372 e. The van der Waals surface area contributed by atoms with Gasteiger partial charge in [0.25, 0.3) is 0 Å². The first-order valence-corrected chi connectivity index (χ1v) is 9.40. The normalized spacial score (nSPS) is 26.5. The van der Waals surface area contributed by atoms with Crippen molar-refractivity contribution >= 4 is 17.7 Å². The summed E-state index contributed by atoms with van der Waals surface area (Å²) in [5.74, 6) is -0.461. The fourth-order valence-electron chi connectivity index (χ4n) is 3.74. The summed E-state index contributed by atoms with van der Waals surface area (Å²) in [7, 11) is 0.